The van der Waals surface area contributed by atoms with Crippen LogP contribution in [0.5, 0.6) is 0 Å². The first kappa shape index (κ1) is 14.8. The number of anilines is 1. The fourth-order valence-corrected chi connectivity index (χ4v) is 1.72. The molecule has 0 unspecified atom stereocenters. The molecule has 98 valence electrons. The summed E-state index contributed by atoms with van der Waals surface area (Å²) in [6.45, 7) is 6.55. The summed E-state index contributed by atoms with van der Waals surface area (Å²) in [5.74, 6) is 0.566. The minimum Gasteiger partial charge on any atom is -0.384 e. The Labute approximate surface area is 114 Å². The van der Waals surface area contributed by atoms with Gasteiger partial charge in [-0.2, -0.15) is 5.26 Å². The molecule has 0 bridgehead atoms. The number of hydrogen-bond acceptors (Lipinski definition) is 3. The van der Waals surface area contributed by atoms with E-state index in [1.165, 1.54) is 0 Å². The van der Waals surface area contributed by atoms with Gasteiger partial charge in [0.15, 0.2) is 0 Å². The molecule has 0 aliphatic carbocycles. The summed E-state index contributed by atoms with van der Waals surface area (Å²) >= 11 is 5.94. The van der Waals surface area contributed by atoms with Gasteiger partial charge in [0.05, 0.1) is 16.3 Å². The van der Waals surface area contributed by atoms with Crippen LogP contribution in [0.25, 0.3) is 0 Å². The van der Waals surface area contributed by atoms with Crippen LogP contribution in [-0.2, 0) is 4.74 Å². The number of nitrogens with zero attached hydrogens (tertiary/aromatic N) is 1. The van der Waals surface area contributed by atoms with Crippen LogP contribution in [0.2, 0.25) is 5.02 Å². The number of nitriles is 1. The van der Waals surface area contributed by atoms with Crippen molar-refractivity contribution in [2.45, 2.75) is 20.3 Å². The molecule has 0 fully saturated rings. The Bertz CT molecular complexity index is 413. The second-order valence-electron chi connectivity index (χ2n) is 4.52. The summed E-state index contributed by atoms with van der Waals surface area (Å²) in [5.41, 5.74) is 1.29. The van der Waals surface area contributed by atoms with Crippen LogP contribution >= 0.6 is 11.6 Å². The Morgan fingerprint density at radius 3 is 2.89 bits per heavy atom. The summed E-state index contributed by atoms with van der Waals surface area (Å²) < 4.78 is 5.48. The highest BCUT2D eigenvalue weighted by Crippen LogP contribution is 2.22. The predicted octanol–water partition coefficient (Wildman–Crippen LogP) is 3.69. The smallest absolute Gasteiger partial charge is 0.103 e. The Morgan fingerprint density at radius 2 is 2.22 bits per heavy atom. The van der Waals surface area contributed by atoms with Crippen molar-refractivity contribution in [2.75, 3.05) is 25.1 Å². The lowest BCUT2D eigenvalue weighted by Gasteiger charge is -2.10. The van der Waals surface area contributed by atoms with Gasteiger partial charge in [0, 0.05) is 19.8 Å². The Morgan fingerprint density at radius 1 is 1.44 bits per heavy atom. The van der Waals surface area contributed by atoms with E-state index in [-0.39, 0.29) is 0 Å². The first-order chi connectivity index (χ1) is 8.65. The van der Waals surface area contributed by atoms with E-state index in [1.54, 1.807) is 6.07 Å². The van der Waals surface area contributed by atoms with E-state index >= 15 is 0 Å². The molecule has 0 saturated heterocycles. The third kappa shape index (κ3) is 4.95. The van der Waals surface area contributed by atoms with E-state index in [2.05, 4.69) is 25.2 Å². The zero-order valence-corrected chi connectivity index (χ0v) is 11.6. The van der Waals surface area contributed by atoms with Gasteiger partial charge in [-0.1, -0.05) is 31.5 Å². The van der Waals surface area contributed by atoms with E-state index < -0.39 is 0 Å². The van der Waals surface area contributed by atoms with E-state index in [4.69, 9.17) is 21.6 Å². The Kier molecular flexibility index (Phi) is 6.56. The number of nitrogens with one attached hydrogen (secondary N) is 1. The van der Waals surface area contributed by atoms with Gasteiger partial charge < -0.3 is 10.1 Å². The molecular weight excluding hydrogens is 248 g/mol. The fourth-order valence-electron chi connectivity index (χ4n) is 1.50. The summed E-state index contributed by atoms with van der Waals surface area (Å²) in [4.78, 5) is 0. The van der Waals surface area contributed by atoms with E-state index in [0.717, 1.165) is 31.9 Å². The highest BCUT2D eigenvalue weighted by atomic mass is 35.5. The molecule has 3 nitrogen and oxygen atoms in total. The summed E-state index contributed by atoms with van der Waals surface area (Å²) in [7, 11) is 0. The highest BCUT2D eigenvalue weighted by Gasteiger charge is 2.05. The van der Waals surface area contributed by atoms with Gasteiger partial charge in [0.1, 0.15) is 6.07 Å². The Hall–Kier alpha value is -1.24. The standard InChI is InChI=1S/C14H19ClN2O/c1-11(2)10-18-8-4-7-17-14-6-3-5-13(15)12(14)9-16/h3,5-6,11,17H,4,7-8,10H2,1-2H3. The normalized spacial score (nSPS) is 10.4. The van der Waals surface area contributed by atoms with Crippen LogP contribution in [0.1, 0.15) is 25.8 Å². The molecule has 4 heteroatoms. The first-order valence-corrected chi connectivity index (χ1v) is 6.53. The van der Waals surface area contributed by atoms with Gasteiger partial charge >= 0.3 is 0 Å². The second kappa shape index (κ2) is 7.97. The number of ether oxygens (including phenoxy) is 1. The van der Waals surface area contributed by atoms with Gasteiger partial charge in [-0.3, -0.25) is 0 Å². The molecule has 0 aliphatic rings. The molecule has 1 N–H and O–H groups in total. The molecular formula is C14H19ClN2O. The van der Waals surface area contributed by atoms with Crippen molar-refractivity contribution in [3.8, 4) is 6.07 Å². The zero-order chi connectivity index (χ0) is 13.4. The summed E-state index contributed by atoms with van der Waals surface area (Å²) in [5, 5.41) is 12.7. The third-order valence-corrected chi connectivity index (χ3v) is 2.67. The lowest BCUT2D eigenvalue weighted by Crippen LogP contribution is -2.09. The van der Waals surface area contributed by atoms with Crippen LogP contribution in [0.4, 0.5) is 5.69 Å². The average Bonchev–Trinajstić information content (AvgIpc) is 2.33. The SMILES string of the molecule is CC(C)COCCCNc1cccc(Cl)c1C#N. The topological polar surface area (TPSA) is 45.0 Å². The maximum Gasteiger partial charge on any atom is 0.103 e. The number of hydrogen-bond donors (Lipinski definition) is 1. The largest absolute Gasteiger partial charge is 0.384 e. The van der Waals surface area contributed by atoms with Crippen molar-refractivity contribution in [3.05, 3.63) is 28.8 Å². The van der Waals surface area contributed by atoms with Gasteiger partial charge in [0.2, 0.25) is 0 Å². The lowest BCUT2D eigenvalue weighted by atomic mass is 10.2. The summed E-state index contributed by atoms with van der Waals surface area (Å²) in [6.07, 6.45) is 0.907. The van der Waals surface area contributed by atoms with Gasteiger partial charge in [-0.05, 0) is 24.5 Å². The molecule has 1 aromatic carbocycles. The number of halogens is 1. The van der Waals surface area contributed by atoms with Gasteiger partial charge in [-0.15, -0.1) is 0 Å². The monoisotopic (exact) mass is 266 g/mol. The van der Waals surface area contributed by atoms with Crippen molar-refractivity contribution in [1.29, 1.82) is 5.26 Å². The van der Waals surface area contributed by atoms with Crippen LogP contribution in [0.15, 0.2) is 18.2 Å². The molecule has 0 radical (unpaired) electrons. The van der Waals surface area contributed by atoms with E-state index in [1.807, 2.05) is 12.1 Å². The fraction of sp³-hybridized carbons (Fsp3) is 0.500. The molecule has 0 saturated carbocycles. The average molecular weight is 267 g/mol. The molecule has 0 spiro atoms. The third-order valence-electron chi connectivity index (χ3n) is 2.36. The Balaban J connectivity index is 2.32. The minimum atomic E-state index is 0.485. The minimum absolute atomic E-state index is 0.485. The summed E-state index contributed by atoms with van der Waals surface area (Å²) in [6, 6.07) is 7.52. The second-order valence-corrected chi connectivity index (χ2v) is 4.93. The van der Waals surface area contributed by atoms with E-state index in [0.29, 0.717) is 16.5 Å². The van der Waals surface area contributed by atoms with Crippen molar-refractivity contribution >= 4 is 17.3 Å². The quantitative estimate of drug-likeness (QED) is 0.766. The van der Waals surface area contributed by atoms with Crippen LogP contribution in [-0.4, -0.2) is 19.8 Å². The van der Waals surface area contributed by atoms with Gasteiger partial charge in [-0.25, -0.2) is 0 Å². The lowest BCUT2D eigenvalue weighted by molar-refractivity contribution is 0.110. The molecule has 0 aromatic heterocycles. The van der Waals surface area contributed by atoms with Crippen molar-refractivity contribution in [2.24, 2.45) is 5.92 Å². The number of rotatable bonds is 7. The van der Waals surface area contributed by atoms with Crippen LogP contribution in [0.3, 0.4) is 0 Å². The molecule has 0 amide bonds. The van der Waals surface area contributed by atoms with Crippen LogP contribution < -0.4 is 5.32 Å². The molecule has 1 aromatic rings. The van der Waals surface area contributed by atoms with Crippen molar-refractivity contribution in [3.63, 3.8) is 0 Å². The first-order valence-electron chi connectivity index (χ1n) is 6.15. The molecule has 1 rings (SSSR count). The molecule has 18 heavy (non-hydrogen) atoms. The van der Waals surface area contributed by atoms with Crippen molar-refractivity contribution < 1.29 is 4.74 Å². The maximum atomic E-state index is 9.00. The molecule has 0 aliphatic heterocycles. The van der Waals surface area contributed by atoms with E-state index in [9.17, 15) is 0 Å². The van der Waals surface area contributed by atoms with Crippen LogP contribution in [0, 0.1) is 17.2 Å². The zero-order valence-electron chi connectivity index (χ0n) is 10.9. The van der Waals surface area contributed by atoms with Gasteiger partial charge in [0.25, 0.3) is 0 Å². The predicted molar refractivity (Wildman–Crippen MR) is 74.9 cm³/mol. The maximum absolute atomic E-state index is 9.00. The van der Waals surface area contributed by atoms with Crippen molar-refractivity contribution in [1.82, 2.24) is 0 Å². The highest BCUT2D eigenvalue weighted by molar-refractivity contribution is 6.32. The molecule has 0 atom stereocenters. The number of benzene rings is 1. The molecule has 0 heterocycles.